The molecule has 0 spiro atoms. The second kappa shape index (κ2) is 6.48. The van der Waals surface area contributed by atoms with E-state index in [1.807, 2.05) is 19.1 Å². The Labute approximate surface area is 156 Å². The number of sulfonamides is 1. The van der Waals surface area contributed by atoms with Crippen molar-refractivity contribution in [3.05, 3.63) is 65.2 Å². The molecule has 1 saturated heterocycles. The van der Waals surface area contributed by atoms with E-state index < -0.39 is 10.0 Å². The second-order valence-electron chi connectivity index (χ2n) is 7.75. The van der Waals surface area contributed by atoms with Crippen LogP contribution in [0.2, 0.25) is 0 Å². The van der Waals surface area contributed by atoms with Crippen molar-refractivity contribution in [2.24, 2.45) is 5.92 Å². The first-order valence-corrected chi connectivity index (χ1v) is 10.8. The van der Waals surface area contributed by atoms with Crippen LogP contribution in [-0.2, 0) is 16.4 Å². The molecule has 1 fully saturated rings. The van der Waals surface area contributed by atoms with Gasteiger partial charge in [0.15, 0.2) is 0 Å². The molecule has 0 saturated carbocycles. The molecule has 2 aromatic rings. The van der Waals surface area contributed by atoms with Crippen LogP contribution in [-0.4, -0.2) is 36.9 Å². The number of rotatable bonds is 3. The lowest BCUT2D eigenvalue weighted by Crippen LogP contribution is -2.47. The van der Waals surface area contributed by atoms with Gasteiger partial charge in [0.1, 0.15) is 0 Å². The van der Waals surface area contributed by atoms with Crippen molar-refractivity contribution < 1.29 is 8.42 Å². The molecule has 0 amide bonds. The fourth-order valence-electron chi connectivity index (χ4n) is 4.44. The van der Waals surface area contributed by atoms with Crippen LogP contribution in [0.3, 0.4) is 0 Å². The predicted octanol–water partition coefficient (Wildman–Crippen LogP) is 3.58. The third-order valence-corrected chi connectivity index (χ3v) is 7.52. The molecular weight excluding hydrogens is 344 g/mol. The van der Waals surface area contributed by atoms with Crippen molar-refractivity contribution >= 4 is 10.0 Å². The number of hydrogen-bond donors (Lipinski definition) is 0. The summed E-state index contributed by atoms with van der Waals surface area (Å²) in [5.74, 6) is 0.227. The van der Waals surface area contributed by atoms with Crippen molar-refractivity contribution in [1.29, 1.82) is 0 Å². The van der Waals surface area contributed by atoms with Gasteiger partial charge in [0.25, 0.3) is 0 Å². The summed E-state index contributed by atoms with van der Waals surface area (Å²) in [6, 6.07) is 15.8. The normalized spacial score (nSPS) is 23.8. The van der Waals surface area contributed by atoms with Gasteiger partial charge >= 0.3 is 0 Å². The molecular formula is C21H26N2O2S. The average Bonchev–Trinajstić information content (AvgIpc) is 3.03. The van der Waals surface area contributed by atoms with Crippen LogP contribution in [0.4, 0.5) is 0 Å². The van der Waals surface area contributed by atoms with Gasteiger partial charge < -0.3 is 0 Å². The molecule has 2 atom stereocenters. The highest BCUT2D eigenvalue weighted by molar-refractivity contribution is 7.89. The van der Waals surface area contributed by atoms with Gasteiger partial charge in [-0.3, -0.25) is 4.90 Å². The van der Waals surface area contributed by atoms with E-state index in [0.717, 1.165) is 18.5 Å². The molecule has 0 aliphatic carbocycles. The van der Waals surface area contributed by atoms with E-state index in [9.17, 15) is 8.42 Å². The van der Waals surface area contributed by atoms with Gasteiger partial charge in [-0.15, -0.1) is 0 Å². The van der Waals surface area contributed by atoms with E-state index in [2.05, 4.69) is 43.0 Å². The van der Waals surface area contributed by atoms with Crippen LogP contribution >= 0.6 is 0 Å². The maximum absolute atomic E-state index is 13.4. The number of benzene rings is 2. The van der Waals surface area contributed by atoms with E-state index in [4.69, 9.17) is 0 Å². The summed E-state index contributed by atoms with van der Waals surface area (Å²) in [7, 11) is -3.52. The van der Waals surface area contributed by atoms with Crippen molar-refractivity contribution in [2.45, 2.75) is 44.3 Å². The molecule has 2 aliphatic rings. The Balaban J connectivity index is 1.76. The topological polar surface area (TPSA) is 40.6 Å². The van der Waals surface area contributed by atoms with Crippen molar-refractivity contribution in [1.82, 2.24) is 9.21 Å². The Morgan fingerprint density at radius 2 is 1.73 bits per heavy atom. The molecule has 0 unspecified atom stereocenters. The van der Waals surface area contributed by atoms with Crippen molar-refractivity contribution in [2.75, 3.05) is 13.1 Å². The van der Waals surface area contributed by atoms with E-state index in [1.54, 1.807) is 16.4 Å². The Kier molecular flexibility index (Phi) is 4.41. The molecule has 2 aromatic carbocycles. The summed E-state index contributed by atoms with van der Waals surface area (Å²) >= 11 is 0. The Hall–Kier alpha value is -1.69. The molecule has 0 aromatic heterocycles. The second-order valence-corrected chi connectivity index (χ2v) is 9.64. The number of fused-ring (bicyclic) bond motifs is 3. The summed E-state index contributed by atoms with van der Waals surface area (Å²) in [6.07, 6.45) is 0.883. The van der Waals surface area contributed by atoms with Crippen molar-refractivity contribution in [3.8, 4) is 0 Å². The Morgan fingerprint density at radius 3 is 2.42 bits per heavy atom. The maximum Gasteiger partial charge on any atom is 0.244 e. The molecule has 0 N–H and O–H groups in total. The van der Waals surface area contributed by atoms with E-state index >= 15 is 0 Å². The summed E-state index contributed by atoms with van der Waals surface area (Å²) in [6.45, 7) is 7.64. The third-order valence-electron chi connectivity index (χ3n) is 5.67. The van der Waals surface area contributed by atoms with Crippen molar-refractivity contribution in [3.63, 3.8) is 0 Å². The first-order chi connectivity index (χ1) is 12.4. The highest BCUT2D eigenvalue weighted by Crippen LogP contribution is 2.42. The molecule has 5 heteroatoms. The third kappa shape index (κ3) is 2.79. The SMILES string of the molecule is Cc1ccc(S(=O)(=O)N2C[C@@H]3c4ccccc4CCN3[C@@H]2C(C)C)cc1. The molecule has 2 aliphatic heterocycles. The largest absolute Gasteiger partial charge is 0.278 e. The fraction of sp³-hybridized carbons (Fsp3) is 0.429. The quantitative estimate of drug-likeness (QED) is 0.829. The van der Waals surface area contributed by atoms with Gasteiger partial charge in [0, 0.05) is 13.1 Å². The lowest BCUT2D eigenvalue weighted by Gasteiger charge is -2.37. The van der Waals surface area contributed by atoms with Gasteiger partial charge in [-0.25, -0.2) is 8.42 Å². The standard InChI is InChI=1S/C21H26N2O2S/c1-15(2)21-22-13-12-17-6-4-5-7-19(17)20(22)14-23(21)26(24,25)18-10-8-16(3)9-11-18/h4-11,15,20-21H,12-14H2,1-3H3/t20-,21+/m1/s1. The van der Waals surface area contributed by atoms with Gasteiger partial charge in [0.2, 0.25) is 10.0 Å². The number of nitrogens with zero attached hydrogens (tertiary/aromatic N) is 2. The number of aryl methyl sites for hydroxylation is 1. The lowest BCUT2D eigenvalue weighted by atomic mass is 9.93. The van der Waals surface area contributed by atoms with Crippen LogP contribution in [0.25, 0.3) is 0 Å². The fourth-order valence-corrected chi connectivity index (χ4v) is 6.17. The lowest BCUT2D eigenvalue weighted by molar-refractivity contribution is 0.113. The average molecular weight is 371 g/mol. The van der Waals surface area contributed by atoms with E-state index in [-0.39, 0.29) is 18.1 Å². The first kappa shape index (κ1) is 17.7. The van der Waals surface area contributed by atoms with Crippen LogP contribution in [0.1, 0.15) is 36.6 Å². The zero-order valence-electron chi connectivity index (χ0n) is 15.6. The molecule has 4 nitrogen and oxygen atoms in total. The predicted molar refractivity (Wildman–Crippen MR) is 103 cm³/mol. The highest BCUT2D eigenvalue weighted by Gasteiger charge is 2.48. The zero-order chi connectivity index (χ0) is 18.5. The summed E-state index contributed by atoms with van der Waals surface area (Å²) < 4.78 is 28.6. The zero-order valence-corrected chi connectivity index (χ0v) is 16.4. The minimum absolute atomic E-state index is 0.0975. The van der Waals surface area contributed by atoms with Gasteiger partial charge in [-0.2, -0.15) is 4.31 Å². The van der Waals surface area contributed by atoms with Gasteiger partial charge in [-0.1, -0.05) is 55.8 Å². The summed E-state index contributed by atoms with van der Waals surface area (Å²) in [5.41, 5.74) is 3.70. The summed E-state index contributed by atoms with van der Waals surface area (Å²) in [5, 5.41) is 0. The monoisotopic (exact) mass is 370 g/mol. The molecule has 26 heavy (non-hydrogen) atoms. The first-order valence-electron chi connectivity index (χ1n) is 9.31. The van der Waals surface area contributed by atoms with Crippen LogP contribution in [0.5, 0.6) is 0 Å². The maximum atomic E-state index is 13.4. The Morgan fingerprint density at radius 1 is 1.04 bits per heavy atom. The summed E-state index contributed by atoms with van der Waals surface area (Å²) in [4.78, 5) is 2.78. The highest BCUT2D eigenvalue weighted by atomic mass is 32.2. The molecule has 138 valence electrons. The molecule has 4 rings (SSSR count). The number of hydrogen-bond acceptors (Lipinski definition) is 3. The molecule has 0 radical (unpaired) electrons. The van der Waals surface area contributed by atoms with Crippen LogP contribution in [0.15, 0.2) is 53.4 Å². The van der Waals surface area contributed by atoms with Gasteiger partial charge in [-0.05, 0) is 42.5 Å². The Bertz CT molecular complexity index is 906. The smallest absolute Gasteiger partial charge is 0.244 e. The van der Waals surface area contributed by atoms with Crippen LogP contribution < -0.4 is 0 Å². The minimum Gasteiger partial charge on any atom is -0.278 e. The van der Waals surface area contributed by atoms with E-state index in [0.29, 0.717) is 11.4 Å². The molecule has 2 heterocycles. The van der Waals surface area contributed by atoms with Gasteiger partial charge in [0.05, 0.1) is 17.1 Å². The van der Waals surface area contributed by atoms with E-state index in [1.165, 1.54) is 11.1 Å². The van der Waals surface area contributed by atoms with Crippen LogP contribution in [0, 0.1) is 12.8 Å². The minimum atomic E-state index is -3.52. The molecule has 0 bridgehead atoms.